The molecule has 0 saturated carbocycles. The minimum absolute atomic E-state index is 0.408. The molecule has 1 aromatic carbocycles. The second kappa shape index (κ2) is 6.88. The van der Waals surface area contributed by atoms with Gasteiger partial charge in [0.15, 0.2) is 0 Å². The fourth-order valence-corrected chi connectivity index (χ4v) is 2.74. The zero-order valence-corrected chi connectivity index (χ0v) is 14.4. The quantitative estimate of drug-likeness (QED) is 0.632. The minimum Gasteiger partial charge on any atom is -0.220 e. The summed E-state index contributed by atoms with van der Waals surface area (Å²) in [6.45, 7) is 4.33. The Hall–Kier alpha value is -0.640. The maximum atomic E-state index is 6.28. The highest BCUT2D eigenvalue weighted by atomic mass is 79.9. The molecule has 0 aliphatic heterocycles. The normalized spacial score (nSPS) is 11.1. The molecule has 2 rings (SSSR count). The summed E-state index contributed by atoms with van der Waals surface area (Å²) >= 11 is 16.0. The van der Waals surface area contributed by atoms with Crippen molar-refractivity contribution < 1.29 is 0 Å². The first-order valence-corrected chi connectivity index (χ1v) is 8.00. The summed E-state index contributed by atoms with van der Waals surface area (Å²) in [4.78, 5) is 8.73. The van der Waals surface area contributed by atoms with Gasteiger partial charge in [0.05, 0.1) is 5.56 Å². The van der Waals surface area contributed by atoms with Gasteiger partial charge >= 0.3 is 0 Å². The lowest BCUT2D eigenvalue weighted by Crippen LogP contribution is -2.01. The van der Waals surface area contributed by atoms with E-state index in [1.54, 1.807) is 0 Å². The van der Waals surface area contributed by atoms with Crippen LogP contribution in [0.5, 0.6) is 0 Å². The second-order valence-corrected chi connectivity index (χ2v) is 6.67. The molecule has 0 amide bonds. The molecule has 0 unspecified atom stereocenters. The molecule has 106 valence electrons. The molecule has 20 heavy (non-hydrogen) atoms. The fraction of sp³-hybridized carbons (Fsp3) is 0.333. The Morgan fingerprint density at radius 1 is 1.05 bits per heavy atom. The van der Waals surface area contributed by atoms with Crippen LogP contribution in [-0.4, -0.2) is 9.97 Å². The highest BCUT2D eigenvalue weighted by Crippen LogP contribution is 2.33. The van der Waals surface area contributed by atoms with E-state index in [0.29, 0.717) is 27.6 Å². The molecule has 0 bridgehead atoms. The van der Waals surface area contributed by atoms with Crippen LogP contribution >= 0.6 is 39.1 Å². The van der Waals surface area contributed by atoms with Gasteiger partial charge in [-0.15, -0.1) is 0 Å². The summed E-state index contributed by atoms with van der Waals surface area (Å²) in [5.41, 5.74) is 1.60. The molecule has 5 heteroatoms. The zero-order valence-electron chi connectivity index (χ0n) is 11.3. The van der Waals surface area contributed by atoms with Crippen LogP contribution in [0.15, 0.2) is 28.7 Å². The molecule has 0 radical (unpaired) electrons. The maximum absolute atomic E-state index is 6.28. The van der Waals surface area contributed by atoms with Crippen molar-refractivity contribution in [3.63, 3.8) is 0 Å². The summed E-state index contributed by atoms with van der Waals surface area (Å²) in [6, 6.07) is 7.76. The first kappa shape index (κ1) is 15.7. The van der Waals surface area contributed by atoms with Crippen molar-refractivity contribution in [3.8, 4) is 11.1 Å². The zero-order chi connectivity index (χ0) is 14.7. The molecule has 1 aromatic heterocycles. The number of hydrogen-bond acceptors (Lipinski definition) is 2. The molecular formula is C15H15BrCl2N2. The minimum atomic E-state index is 0.408. The highest BCUT2D eigenvalue weighted by molar-refractivity contribution is 9.10. The predicted octanol–water partition coefficient (Wildman–Crippen LogP) is 5.80. The van der Waals surface area contributed by atoms with E-state index in [1.165, 1.54) is 0 Å². The van der Waals surface area contributed by atoms with Crippen molar-refractivity contribution in [1.82, 2.24) is 9.97 Å². The maximum Gasteiger partial charge on any atom is 0.142 e. The topological polar surface area (TPSA) is 25.8 Å². The van der Waals surface area contributed by atoms with Crippen molar-refractivity contribution >= 4 is 39.1 Å². The van der Waals surface area contributed by atoms with Crippen molar-refractivity contribution in [2.45, 2.75) is 26.7 Å². The van der Waals surface area contributed by atoms with Gasteiger partial charge in [0, 0.05) is 10.9 Å². The van der Waals surface area contributed by atoms with Gasteiger partial charge in [-0.2, -0.15) is 0 Å². The monoisotopic (exact) mass is 372 g/mol. The van der Waals surface area contributed by atoms with Crippen LogP contribution in [-0.2, 0) is 6.42 Å². The van der Waals surface area contributed by atoms with Crippen LogP contribution in [0.25, 0.3) is 11.1 Å². The van der Waals surface area contributed by atoms with Crippen LogP contribution in [0.3, 0.4) is 0 Å². The number of nitrogens with zero attached hydrogens (tertiary/aromatic N) is 2. The molecule has 2 aromatic rings. The van der Waals surface area contributed by atoms with Gasteiger partial charge in [-0.3, -0.25) is 0 Å². The Balaban J connectivity index is 2.33. The number of rotatable bonds is 4. The van der Waals surface area contributed by atoms with Crippen LogP contribution in [0, 0.1) is 5.92 Å². The fourth-order valence-electron chi connectivity index (χ4n) is 1.83. The van der Waals surface area contributed by atoms with Crippen molar-refractivity contribution in [2.24, 2.45) is 5.92 Å². The SMILES string of the molecule is CC(C)CCc1nc(Cl)c(-c2ccc(Br)cc2)c(Cl)n1. The summed E-state index contributed by atoms with van der Waals surface area (Å²) in [6.07, 6.45) is 1.81. The Kier molecular flexibility index (Phi) is 5.42. The number of aryl methyl sites for hydroxylation is 1. The summed E-state index contributed by atoms with van der Waals surface area (Å²) in [5.74, 6) is 1.30. The molecule has 0 aliphatic carbocycles. The lowest BCUT2D eigenvalue weighted by molar-refractivity contribution is 0.575. The third kappa shape index (κ3) is 3.94. The van der Waals surface area contributed by atoms with E-state index in [9.17, 15) is 0 Å². The summed E-state index contributed by atoms with van der Waals surface area (Å²) in [7, 11) is 0. The Labute approximate surface area is 137 Å². The molecule has 0 fully saturated rings. The van der Waals surface area contributed by atoms with E-state index in [2.05, 4.69) is 39.7 Å². The highest BCUT2D eigenvalue weighted by Gasteiger charge is 2.13. The lowest BCUT2D eigenvalue weighted by atomic mass is 10.1. The molecule has 2 nitrogen and oxygen atoms in total. The average molecular weight is 374 g/mol. The Morgan fingerprint density at radius 2 is 1.60 bits per heavy atom. The Morgan fingerprint density at radius 3 is 2.10 bits per heavy atom. The van der Waals surface area contributed by atoms with Gasteiger partial charge in [-0.05, 0) is 30.0 Å². The molecule has 0 spiro atoms. The number of aromatic nitrogens is 2. The van der Waals surface area contributed by atoms with E-state index in [4.69, 9.17) is 23.2 Å². The van der Waals surface area contributed by atoms with Crippen LogP contribution < -0.4 is 0 Å². The van der Waals surface area contributed by atoms with Crippen LogP contribution in [0.4, 0.5) is 0 Å². The first-order chi connectivity index (χ1) is 9.47. The van der Waals surface area contributed by atoms with Gasteiger partial charge < -0.3 is 0 Å². The van der Waals surface area contributed by atoms with Gasteiger partial charge in [0.25, 0.3) is 0 Å². The van der Waals surface area contributed by atoms with Crippen molar-refractivity contribution in [3.05, 3.63) is 44.9 Å². The van der Waals surface area contributed by atoms with Gasteiger partial charge in [-0.1, -0.05) is 65.1 Å². The standard InChI is InChI=1S/C15H15BrCl2N2/c1-9(2)3-8-12-19-14(17)13(15(18)20-12)10-4-6-11(16)7-5-10/h4-7,9H,3,8H2,1-2H3. The average Bonchev–Trinajstić information content (AvgIpc) is 2.38. The van der Waals surface area contributed by atoms with E-state index in [0.717, 1.165) is 22.9 Å². The largest absolute Gasteiger partial charge is 0.220 e. The number of hydrogen-bond donors (Lipinski definition) is 0. The predicted molar refractivity (Wildman–Crippen MR) is 88.3 cm³/mol. The number of halogens is 3. The molecule has 1 heterocycles. The van der Waals surface area contributed by atoms with Crippen LogP contribution in [0.1, 0.15) is 26.1 Å². The third-order valence-electron chi connectivity index (χ3n) is 2.95. The van der Waals surface area contributed by atoms with Gasteiger partial charge in [0.2, 0.25) is 0 Å². The molecule has 0 saturated heterocycles. The smallest absolute Gasteiger partial charge is 0.142 e. The molecule has 0 N–H and O–H groups in total. The molecule has 0 aliphatic rings. The second-order valence-electron chi connectivity index (χ2n) is 5.04. The lowest BCUT2D eigenvalue weighted by Gasteiger charge is -2.09. The van der Waals surface area contributed by atoms with Crippen molar-refractivity contribution in [2.75, 3.05) is 0 Å². The van der Waals surface area contributed by atoms with E-state index < -0.39 is 0 Å². The van der Waals surface area contributed by atoms with E-state index >= 15 is 0 Å². The van der Waals surface area contributed by atoms with E-state index in [1.807, 2.05) is 24.3 Å². The van der Waals surface area contributed by atoms with Gasteiger partial charge in [0.1, 0.15) is 16.1 Å². The number of benzene rings is 1. The summed E-state index contributed by atoms with van der Waals surface area (Å²) < 4.78 is 1.00. The molecule has 0 atom stereocenters. The van der Waals surface area contributed by atoms with Crippen LogP contribution in [0.2, 0.25) is 10.3 Å². The third-order valence-corrected chi connectivity index (χ3v) is 4.02. The van der Waals surface area contributed by atoms with Gasteiger partial charge in [-0.25, -0.2) is 9.97 Å². The molecular weight excluding hydrogens is 359 g/mol. The van der Waals surface area contributed by atoms with Crippen molar-refractivity contribution in [1.29, 1.82) is 0 Å². The first-order valence-electron chi connectivity index (χ1n) is 6.45. The Bertz CT molecular complexity index is 574. The van der Waals surface area contributed by atoms with E-state index in [-0.39, 0.29) is 0 Å². The summed E-state index contributed by atoms with van der Waals surface area (Å²) in [5, 5.41) is 0.817.